The summed E-state index contributed by atoms with van der Waals surface area (Å²) < 4.78 is 1.42. The van der Waals surface area contributed by atoms with Crippen LogP contribution in [0, 0.1) is 0 Å². The molecule has 7 heavy (non-hydrogen) atoms. The minimum Gasteiger partial charge on any atom is -0.218 e. The van der Waals surface area contributed by atoms with Gasteiger partial charge in [-0.2, -0.15) is 0 Å². The summed E-state index contributed by atoms with van der Waals surface area (Å²) in [4.78, 5) is 0. The lowest BCUT2D eigenvalue weighted by Crippen LogP contribution is -1.90. The van der Waals surface area contributed by atoms with Gasteiger partial charge in [0.25, 0.3) is 0 Å². The number of nitrogens with zero attached hydrogens (tertiary/aromatic N) is 4. The third-order valence-electron chi connectivity index (χ3n) is 0.514. The molecule has 0 amide bonds. The average Bonchev–Trinajstić information content (AvgIpc) is 2.14. The first-order valence-electron chi connectivity index (χ1n) is 1.70. The van der Waals surface area contributed by atoms with E-state index in [-0.39, 0.29) is 0 Å². The van der Waals surface area contributed by atoms with Gasteiger partial charge >= 0.3 is 0 Å². The summed E-state index contributed by atoms with van der Waals surface area (Å²) in [5.41, 5.74) is 0. The van der Waals surface area contributed by atoms with E-state index in [9.17, 15) is 0 Å². The number of halogens is 1. The quantitative estimate of drug-likeness (QED) is 0.483. The highest BCUT2D eigenvalue weighted by Gasteiger charge is 1.82. The van der Waals surface area contributed by atoms with Gasteiger partial charge in [0.05, 0.1) is 0 Å². The molecule has 0 saturated carbocycles. The second-order valence-electron chi connectivity index (χ2n) is 0.969. The summed E-state index contributed by atoms with van der Waals surface area (Å²) in [5, 5.41) is 10.1. The molecule has 0 unspecified atom stereocenters. The van der Waals surface area contributed by atoms with Crippen LogP contribution in [-0.2, 0) is 6.00 Å². The Hall–Kier alpha value is -0.640. The van der Waals surface area contributed by atoms with Crippen LogP contribution in [-0.4, -0.2) is 20.2 Å². The zero-order valence-corrected chi connectivity index (χ0v) is 4.21. The average molecular weight is 119 g/mol. The molecule has 1 aromatic heterocycles. The predicted octanol–water partition coefficient (Wildman–Crippen LogP) is -0.131. The molecule has 0 N–H and O–H groups in total. The number of aromatic nitrogens is 4. The van der Waals surface area contributed by atoms with Gasteiger partial charge in [0.15, 0.2) is 0 Å². The number of alkyl halides is 1. The minimum atomic E-state index is 0.312. The van der Waals surface area contributed by atoms with Gasteiger partial charge in [-0.25, -0.2) is 4.68 Å². The van der Waals surface area contributed by atoms with Crippen molar-refractivity contribution in [1.29, 1.82) is 0 Å². The monoisotopic (exact) mass is 118 g/mol. The second-order valence-corrected chi connectivity index (χ2v) is 1.21. The molecule has 0 aliphatic rings. The largest absolute Gasteiger partial charge is 0.218 e. The SMILES string of the molecule is ClCn1cnnn1. The molecule has 0 aromatic carbocycles. The maximum absolute atomic E-state index is 5.29. The fourth-order valence-electron chi connectivity index (χ4n) is 0.235. The van der Waals surface area contributed by atoms with Crippen LogP contribution in [0.25, 0.3) is 0 Å². The summed E-state index contributed by atoms with van der Waals surface area (Å²) in [6, 6.07) is 0.312. The van der Waals surface area contributed by atoms with Crippen molar-refractivity contribution < 1.29 is 0 Å². The Morgan fingerprint density at radius 3 is 2.86 bits per heavy atom. The van der Waals surface area contributed by atoms with Crippen molar-refractivity contribution in [1.82, 2.24) is 20.2 Å². The van der Waals surface area contributed by atoms with E-state index in [1.807, 2.05) is 0 Å². The van der Waals surface area contributed by atoms with Crippen LogP contribution < -0.4 is 0 Å². The minimum absolute atomic E-state index is 0.312. The fourth-order valence-corrected chi connectivity index (χ4v) is 0.345. The van der Waals surface area contributed by atoms with Crippen LogP contribution in [0.3, 0.4) is 0 Å². The molecule has 1 heterocycles. The molecule has 0 atom stereocenters. The summed E-state index contributed by atoms with van der Waals surface area (Å²) >= 11 is 5.29. The molecule has 0 radical (unpaired) electrons. The molecular weight excluding hydrogens is 116 g/mol. The molecule has 0 aliphatic heterocycles. The van der Waals surface area contributed by atoms with Crippen molar-refractivity contribution in [3.8, 4) is 0 Å². The van der Waals surface area contributed by atoms with E-state index in [0.29, 0.717) is 6.00 Å². The van der Waals surface area contributed by atoms with E-state index < -0.39 is 0 Å². The van der Waals surface area contributed by atoms with Gasteiger partial charge in [-0.15, -0.1) is 16.7 Å². The maximum atomic E-state index is 5.29. The molecular formula is C2H3ClN4. The number of hydrogen-bond acceptors (Lipinski definition) is 3. The lowest BCUT2D eigenvalue weighted by Gasteiger charge is -1.80. The molecule has 0 bridgehead atoms. The van der Waals surface area contributed by atoms with Crippen molar-refractivity contribution in [2.75, 3.05) is 0 Å². The van der Waals surface area contributed by atoms with E-state index in [1.54, 1.807) is 0 Å². The van der Waals surface area contributed by atoms with Crippen molar-refractivity contribution in [3.05, 3.63) is 6.33 Å². The van der Waals surface area contributed by atoms with Gasteiger partial charge in [-0.1, -0.05) is 0 Å². The van der Waals surface area contributed by atoms with Crippen LogP contribution in [0.5, 0.6) is 0 Å². The Balaban J connectivity index is 2.76. The smallest absolute Gasteiger partial charge is 0.139 e. The summed E-state index contributed by atoms with van der Waals surface area (Å²) in [7, 11) is 0. The van der Waals surface area contributed by atoms with Crippen molar-refractivity contribution in [3.63, 3.8) is 0 Å². The summed E-state index contributed by atoms with van der Waals surface area (Å²) in [6.07, 6.45) is 1.45. The van der Waals surface area contributed by atoms with Crippen LogP contribution in [0.15, 0.2) is 6.33 Å². The Labute approximate surface area is 45.1 Å². The molecule has 1 aromatic rings. The van der Waals surface area contributed by atoms with Gasteiger partial charge in [0.1, 0.15) is 12.3 Å². The van der Waals surface area contributed by atoms with Crippen molar-refractivity contribution >= 4 is 11.6 Å². The van der Waals surface area contributed by atoms with Crippen molar-refractivity contribution in [2.24, 2.45) is 0 Å². The third-order valence-corrected chi connectivity index (χ3v) is 0.759. The van der Waals surface area contributed by atoms with E-state index >= 15 is 0 Å². The Morgan fingerprint density at radius 1 is 1.71 bits per heavy atom. The maximum Gasteiger partial charge on any atom is 0.139 e. The molecule has 38 valence electrons. The highest BCUT2D eigenvalue weighted by Crippen LogP contribution is 1.79. The Morgan fingerprint density at radius 2 is 2.57 bits per heavy atom. The highest BCUT2D eigenvalue weighted by atomic mass is 35.5. The normalized spacial score (nSPS) is 9.29. The number of rotatable bonds is 1. The van der Waals surface area contributed by atoms with E-state index in [4.69, 9.17) is 11.6 Å². The predicted molar refractivity (Wildman–Crippen MR) is 23.7 cm³/mol. The van der Waals surface area contributed by atoms with Gasteiger partial charge in [-0.05, 0) is 10.4 Å². The first-order chi connectivity index (χ1) is 3.43. The van der Waals surface area contributed by atoms with Crippen LogP contribution >= 0.6 is 11.6 Å². The van der Waals surface area contributed by atoms with Crippen molar-refractivity contribution in [2.45, 2.75) is 6.00 Å². The number of hydrogen-bond donors (Lipinski definition) is 0. The van der Waals surface area contributed by atoms with Crippen LogP contribution in [0.1, 0.15) is 0 Å². The summed E-state index contributed by atoms with van der Waals surface area (Å²) in [6.45, 7) is 0. The van der Waals surface area contributed by atoms with Gasteiger partial charge in [0, 0.05) is 0 Å². The zero-order chi connectivity index (χ0) is 5.11. The second kappa shape index (κ2) is 1.88. The molecule has 0 aliphatic carbocycles. The lowest BCUT2D eigenvalue weighted by molar-refractivity contribution is 0.693. The van der Waals surface area contributed by atoms with Gasteiger partial charge in [-0.3, -0.25) is 0 Å². The Kier molecular flexibility index (Phi) is 1.21. The molecule has 0 saturated heterocycles. The topological polar surface area (TPSA) is 43.6 Å². The van der Waals surface area contributed by atoms with E-state index in [1.165, 1.54) is 11.0 Å². The molecule has 5 heteroatoms. The zero-order valence-electron chi connectivity index (χ0n) is 3.45. The Bertz CT molecular complexity index is 124. The molecule has 1 rings (SSSR count). The van der Waals surface area contributed by atoms with E-state index in [2.05, 4.69) is 15.5 Å². The fraction of sp³-hybridized carbons (Fsp3) is 0.500. The highest BCUT2D eigenvalue weighted by molar-refractivity contribution is 6.15. The van der Waals surface area contributed by atoms with Crippen LogP contribution in [0.4, 0.5) is 0 Å². The number of tetrazole rings is 1. The van der Waals surface area contributed by atoms with Crippen LogP contribution in [0.2, 0.25) is 0 Å². The summed E-state index contributed by atoms with van der Waals surface area (Å²) in [5.74, 6) is 0. The first-order valence-corrected chi connectivity index (χ1v) is 2.23. The van der Waals surface area contributed by atoms with Gasteiger partial charge < -0.3 is 0 Å². The van der Waals surface area contributed by atoms with E-state index in [0.717, 1.165) is 0 Å². The molecule has 4 nitrogen and oxygen atoms in total. The van der Waals surface area contributed by atoms with Gasteiger partial charge in [0.2, 0.25) is 0 Å². The molecule has 0 fully saturated rings. The third kappa shape index (κ3) is 0.866. The standard InChI is InChI=1S/C2H3ClN4/c3-1-7-2-4-5-6-7/h2H,1H2. The molecule has 0 spiro atoms. The first kappa shape index (κ1) is 4.52. The lowest BCUT2D eigenvalue weighted by atomic mass is 11.2.